The number of hydrogen-bond acceptors (Lipinski definition) is 3. The molecule has 0 unspecified atom stereocenters. The molecular weight excluding hydrogens is 276 g/mol. The van der Waals surface area contributed by atoms with Gasteiger partial charge in [0.05, 0.1) is 0 Å². The van der Waals surface area contributed by atoms with E-state index in [0.717, 1.165) is 44.7 Å². The van der Waals surface area contributed by atoms with E-state index in [9.17, 15) is 4.79 Å². The van der Waals surface area contributed by atoms with E-state index in [2.05, 4.69) is 33.4 Å². The van der Waals surface area contributed by atoms with E-state index in [1.807, 2.05) is 19.3 Å². The highest BCUT2D eigenvalue weighted by Crippen LogP contribution is 2.21. The highest BCUT2D eigenvalue weighted by atomic mass is 16.2. The number of imidazole rings is 1. The van der Waals surface area contributed by atoms with Crippen molar-refractivity contribution in [3.8, 4) is 0 Å². The topological polar surface area (TPSA) is 41.4 Å². The normalized spacial score (nSPS) is 18.9. The van der Waals surface area contributed by atoms with Gasteiger partial charge in [-0.15, -0.1) is 0 Å². The van der Waals surface area contributed by atoms with Gasteiger partial charge in [-0.2, -0.15) is 0 Å². The highest BCUT2D eigenvalue weighted by molar-refractivity contribution is 5.76. The Balaban J connectivity index is 1.79. The van der Waals surface area contributed by atoms with E-state index in [-0.39, 0.29) is 0 Å². The second-order valence-electron chi connectivity index (χ2n) is 6.60. The molecule has 5 heteroatoms. The molecule has 1 amide bonds. The number of carbonyl (C=O) groups is 1. The first-order valence-corrected chi connectivity index (χ1v) is 8.50. The second-order valence-corrected chi connectivity index (χ2v) is 6.60. The lowest BCUT2D eigenvalue weighted by atomic mass is 9.98. The Morgan fingerprint density at radius 2 is 2.23 bits per heavy atom. The number of aryl methyl sites for hydroxylation is 2. The van der Waals surface area contributed by atoms with Crippen molar-refractivity contribution in [3.05, 3.63) is 18.2 Å². The number of piperidine rings is 1. The van der Waals surface area contributed by atoms with Crippen molar-refractivity contribution in [2.75, 3.05) is 27.2 Å². The van der Waals surface area contributed by atoms with Gasteiger partial charge in [0.15, 0.2) is 0 Å². The van der Waals surface area contributed by atoms with Gasteiger partial charge in [-0.25, -0.2) is 4.98 Å². The van der Waals surface area contributed by atoms with Crippen molar-refractivity contribution < 1.29 is 4.79 Å². The zero-order valence-electron chi connectivity index (χ0n) is 14.3. The summed E-state index contributed by atoms with van der Waals surface area (Å²) in [5, 5.41) is 0. The van der Waals surface area contributed by atoms with Crippen LogP contribution < -0.4 is 0 Å². The van der Waals surface area contributed by atoms with Crippen molar-refractivity contribution in [3.63, 3.8) is 0 Å². The van der Waals surface area contributed by atoms with Gasteiger partial charge in [0, 0.05) is 37.9 Å². The van der Waals surface area contributed by atoms with E-state index < -0.39 is 0 Å². The SMILES string of the molecule is Cc1nccn1CCCC(=O)N1CCCC[C@@H]1CCN(C)C. The Morgan fingerprint density at radius 3 is 2.91 bits per heavy atom. The molecule has 0 N–H and O–H groups in total. The van der Waals surface area contributed by atoms with E-state index >= 15 is 0 Å². The zero-order chi connectivity index (χ0) is 15.9. The Hall–Kier alpha value is -1.36. The molecule has 0 saturated carbocycles. The number of carbonyl (C=O) groups excluding carboxylic acids is 1. The summed E-state index contributed by atoms with van der Waals surface area (Å²) in [4.78, 5) is 21.1. The lowest BCUT2D eigenvalue weighted by molar-refractivity contribution is -0.135. The lowest BCUT2D eigenvalue weighted by Crippen LogP contribution is -2.44. The summed E-state index contributed by atoms with van der Waals surface area (Å²) < 4.78 is 2.12. The molecule has 0 bridgehead atoms. The van der Waals surface area contributed by atoms with Crippen LogP contribution in [0.5, 0.6) is 0 Å². The first-order chi connectivity index (χ1) is 10.6. The maximum Gasteiger partial charge on any atom is 0.222 e. The molecule has 1 aromatic rings. The van der Waals surface area contributed by atoms with Gasteiger partial charge < -0.3 is 14.4 Å². The molecule has 1 aliphatic rings. The van der Waals surface area contributed by atoms with Crippen LogP contribution in [0.3, 0.4) is 0 Å². The molecule has 1 fully saturated rings. The molecule has 1 aliphatic heterocycles. The van der Waals surface area contributed by atoms with Crippen LogP contribution in [0.15, 0.2) is 12.4 Å². The monoisotopic (exact) mass is 306 g/mol. The fourth-order valence-corrected chi connectivity index (χ4v) is 3.22. The van der Waals surface area contributed by atoms with Crippen LogP contribution in [0, 0.1) is 6.92 Å². The summed E-state index contributed by atoms with van der Waals surface area (Å²) >= 11 is 0. The molecule has 2 heterocycles. The van der Waals surface area contributed by atoms with Crippen LogP contribution in [-0.2, 0) is 11.3 Å². The predicted octanol–water partition coefficient (Wildman–Crippen LogP) is 2.30. The van der Waals surface area contributed by atoms with Gasteiger partial charge in [0.25, 0.3) is 0 Å². The molecule has 22 heavy (non-hydrogen) atoms. The second kappa shape index (κ2) is 8.32. The Labute approximate surface area is 134 Å². The summed E-state index contributed by atoms with van der Waals surface area (Å²) in [6.45, 7) is 4.89. The van der Waals surface area contributed by atoms with E-state index in [4.69, 9.17) is 0 Å². The summed E-state index contributed by atoms with van der Waals surface area (Å²) in [5.74, 6) is 1.36. The summed E-state index contributed by atoms with van der Waals surface area (Å²) in [6.07, 6.45) is 10.0. The van der Waals surface area contributed by atoms with E-state index in [1.165, 1.54) is 12.8 Å². The van der Waals surface area contributed by atoms with Crippen molar-refractivity contribution in [1.82, 2.24) is 19.4 Å². The van der Waals surface area contributed by atoms with Crippen molar-refractivity contribution in [1.29, 1.82) is 0 Å². The Morgan fingerprint density at radius 1 is 1.41 bits per heavy atom. The third-order valence-corrected chi connectivity index (χ3v) is 4.57. The third kappa shape index (κ3) is 4.83. The van der Waals surface area contributed by atoms with Crippen LogP contribution in [0.2, 0.25) is 0 Å². The number of nitrogens with zero attached hydrogens (tertiary/aromatic N) is 4. The largest absolute Gasteiger partial charge is 0.340 e. The summed E-state index contributed by atoms with van der Waals surface area (Å²) in [5.41, 5.74) is 0. The molecule has 124 valence electrons. The molecule has 1 aromatic heterocycles. The van der Waals surface area contributed by atoms with Crippen molar-refractivity contribution >= 4 is 5.91 Å². The minimum absolute atomic E-state index is 0.334. The van der Waals surface area contributed by atoms with Crippen molar-refractivity contribution in [2.24, 2.45) is 0 Å². The summed E-state index contributed by atoms with van der Waals surface area (Å²) in [6, 6.07) is 0.443. The molecule has 0 aromatic carbocycles. The highest BCUT2D eigenvalue weighted by Gasteiger charge is 2.25. The average Bonchev–Trinajstić information content (AvgIpc) is 2.90. The Bertz CT molecular complexity index is 469. The van der Waals surface area contributed by atoms with Crippen LogP contribution >= 0.6 is 0 Å². The zero-order valence-corrected chi connectivity index (χ0v) is 14.3. The molecule has 0 radical (unpaired) electrons. The van der Waals surface area contributed by atoms with E-state index in [0.29, 0.717) is 18.4 Å². The van der Waals surface area contributed by atoms with Crippen molar-refractivity contribution in [2.45, 2.75) is 58.0 Å². The molecule has 0 spiro atoms. The number of hydrogen-bond donors (Lipinski definition) is 0. The predicted molar refractivity (Wildman–Crippen MR) is 88.7 cm³/mol. The number of likely N-dealkylation sites (tertiary alicyclic amines) is 1. The number of rotatable bonds is 7. The molecule has 5 nitrogen and oxygen atoms in total. The maximum atomic E-state index is 12.6. The molecule has 2 rings (SSSR count). The van der Waals surface area contributed by atoms with Gasteiger partial charge in [-0.05, 0) is 59.7 Å². The minimum atomic E-state index is 0.334. The quantitative estimate of drug-likeness (QED) is 0.776. The molecule has 1 atom stereocenters. The maximum absolute atomic E-state index is 12.6. The first-order valence-electron chi connectivity index (χ1n) is 8.50. The first kappa shape index (κ1) is 17.0. The third-order valence-electron chi connectivity index (χ3n) is 4.57. The van der Waals surface area contributed by atoms with Gasteiger partial charge in [-0.3, -0.25) is 4.79 Å². The van der Waals surface area contributed by atoms with Gasteiger partial charge >= 0.3 is 0 Å². The van der Waals surface area contributed by atoms with Crippen LogP contribution in [0.4, 0.5) is 0 Å². The molecular formula is C17H30N4O. The molecule has 1 saturated heterocycles. The van der Waals surface area contributed by atoms with Gasteiger partial charge in [0.1, 0.15) is 5.82 Å². The van der Waals surface area contributed by atoms with E-state index in [1.54, 1.807) is 0 Å². The smallest absolute Gasteiger partial charge is 0.222 e. The lowest BCUT2D eigenvalue weighted by Gasteiger charge is -2.36. The summed E-state index contributed by atoms with van der Waals surface area (Å²) in [7, 11) is 4.20. The van der Waals surface area contributed by atoms with Gasteiger partial charge in [0.2, 0.25) is 5.91 Å². The standard InChI is InChI=1S/C17H30N4O/c1-15-18-10-14-20(15)11-6-8-17(22)21-12-5-4-7-16(21)9-13-19(2)3/h10,14,16H,4-9,11-13H2,1-3H3/t16-/m1/s1. The van der Waals surface area contributed by atoms with Crippen LogP contribution in [0.1, 0.15) is 44.3 Å². The number of amides is 1. The Kier molecular flexibility index (Phi) is 6.43. The fraction of sp³-hybridized carbons (Fsp3) is 0.765. The minimum Gasteiger partial charge on any atom is -0.340 e. The van der Waals surface area contributed by atoms with Crippen LogP contribution in [0.25, 0.3) is 0 Å². The number of aromatic nitrogens is 2. The molecule has 0 aliphatic carbocycles. The van der Waals surface area contributed by atoms with Crippen LogP contribution in [-0.4, -0.2) is 58.5 Å². The fourth-order valence-electron chi connectivity index (χ4n) is 3.22. The average molecular weight is 306 g/mol. The van der Waals surface area contributed by atoms with Gasteiger partial charge in [-0.1, -0.05) is 0 Å².